The summed E-state index contributed by atoms with van der Waals surface area (Å²) in [5, 5.41) is 5.68. The molecule has 1 N–H and O–H groups in total. The Labute approximate surface area is 192 Å². The zero-order chi connectivity index (χ0) is 22.4. The number of hydrogen-bond donors (Lipinski definition) is 1. The van der Waals surface area contributed by atoms with Crippen LogP contribution in [-0.2, 0) is 11.8 Å². The average molecular weight is 442 g/mol. The molecule has 33 heavy (non-hydrogen) atoms. The first kappa shape index (κ1) is 20.2. The molecule has 0 saturated carbocycles. The van der Waals surface area contributed by atoms with Gasteiger partial charge in [0.1, 0.15) is 6.10 Å². The molecule has 0 spiro atoms. The average Bonchev–Trinajstić information content (AvgIpc) is 3.13. The molecule has 2 saturated heterocycles. The van der Waals surface area contributed by atoms with E-state index in [1.807, 2.05) is 41.7 Å². The molecular formula is C26H27N5O2. The summed E-state index contributed by atoms with van der Waals surface area (Å²) in [6, 6.07) is 12.5. The van der Waals surface area contributed by atoms with E-state index in [-0.39, 0.29) is 17.9 Å². The third-order valence-corrected chi connectivity index (χ3v) is 7.01. The molecule has 4 aromatic rings. The van der Waals surface area contributed by atoms with E-state index in [1.54, 1.807) is 0 Å². The first-order chi connectivity index (χ1) is 16.2. The van der Waals surface area contributed by atoms with Crippen LogP contribution in [0.3, 0.4) is 0 Å². The number of ether oxygens (including phenoxy) is 1. The Bertz CT molecular complexity index is 1320. The first-order valence-electron chi connectivity index (χ1n) is 11.6. The van der Waals surface area contributed by atoms with Crippen molar-refractivity contribution in [2.75, 3.05) is 26.2 Å². The Balaban J connectivity index is 1.13. The molecule has 3 aromatic heterocycles. The van der Waals surface area contributed by atoms with Gasteiger partial charge in [0.15, 0.2) is 0 Å². The summed E-state index contributed by atoms with van der Waals surface area (Å²) in [5.41, 5.74) is 4.50. The molecule has 7 heteroatoms. The second-order valence-electron chi connectivity index (χ2n) is 9.08. The standard InChI is InChI=1S/C26H27N5O2/c1-30-23-8-11-28-14-22(23)21-4-2-18(12-24(21)30)19-3-5-25(29-13-19)33-20-15-31(16-20)26(32)17-6-9-27-10-7-17/h2-5,8,11-14,17,20,27H,6-7,9-10,15-16H2,1H3. The lowest BCUT2D eigenvalue weighted by Crippen LogP contribution is -2.58. The van der Waals surface area contributed by atoms with Crippen molar-refractivity contribution in [2.24, 2.45) is 13.0 Å². The Morgan fingerprint density at radius 1 is 1.00 bits per heavy atom. The molecule has 5 heterocycles. The van der Waals surface area contributed by atoms with Gasteiger partial charge in [0.2, 0.25) is 11.8 Å². The second-order valence-corrected chi connectivity index (χ2v) is 9.08. The van der Waals surface area contributed by atoms with Crippen molar-refractivity contribution in [2.45, 2.75) is 18.9 Å². The van der Waals surface area contributed by atoms with E-state index >= 15 is 0 Å². The molecule has 1 aromatic carbocycles. The van der Waals surface area contributed by atoms with Gasteiger partial charge in [0.05, 0.1) is 18.6 Å². The number of benzene rings is 1. The summed E-state index contributed by atoms with van der Waals surface area (Å²) in [7, 11) is 2.08. The van der Waals surface area contributed by atoms with Crippen molar-refractivity contribution in [1.29, 1.82) is 0 Å². The number of nitrogens with zero attached hydrogens (tertiary/aromatic N) is 4. The Morgan fingerprint density at radius 3 is 2.61 bits per heavy atom. The summed E-state index contributed by atoms with van der Waals surface area (Å²) in [6.45, 7) is 3.17. The minimum atomic E-state index is 0.0229. The molecule has 2 aliphatic heterocycles. The minimum Gasteiger partial charge on any atom is -0.471 e. The van der Waals surface area contributed by atoms with E-state index < -0.39 is 0 Å². The highest BCUT2D eigenvalue weighted by molar-refractivity contribution is 6.08. The Kier molecular flexibility index (Phi) is 4.99. The van der Waals surface area contributed by atoms with Gasteiger partial charge in [-0.2, -0.15) is 0 Å². The van der Waals surface area contributed by atoms with E-state index in [9.17, 15) is 4.79 Å². The van der Waals surface area contributed by atoms with Gasteiger partial charge >= 0.3 is 0 Å². The monoisotopic (exact) mass is 441 g/mol. The highest BCUT2D eigenvalue weighted by atomic mass is 16.5. The highest BCUT2D eigenvalue weighted by Gasteiger charge is 2.36. The van der Waals surface area contributed by atoms with Gasteiger partial charge in [0.25, 0.3) is 0 Å². The molecule has 0 aliphatic carbocycles. The van der Waals surface area contributed by atoms with Gasteiger partial charge in [-0.15, -0.1) is 0 Å². The number of aromatic nitrogens is 3. The predicted molar refractivity (Wildman–Crippen MR) is 128 cm³/mol. The van der Waals surface area contributed by atoms with Crippen LogP contribution in [0.25, 0.3) is 32.9 Å². The summed E-state index contributed by atoms with van der Waals surface area (Å²) >= 11 is 0. The molecule has 0 bridgehead atoms. The SMILES string of the molecule is Cn1c2ccncc2c2ccc(-c3ccc(OC4CN(C(=O)C5CCNCC5)C4)nc3)cc21. The lowest BCUT2D eigenvalue weighted by atomic mass is 9.95. The van der Waals surface area contributed by atoms with Gasteiger partial charge in [-0.25, -0.2) is 4.98 Å². The van der Waals surface area contributed by atoms with Crippen LogP contribution in [0, 0.1) is 5.92 Å². The zero-order valence-corrected chi connectivity index (χ0v) is 18.7. The lowest BCUT2D eigenvalue weighted by molar-refractivity contribution is -0.145. The fraction of sp³-hybridized carbons (Fsp3) is 0.346. The fourth-order valence-corrected chi connectivity index (χ4v) is 5.04. The number of fused-ring (bicyclic) bond motifs is 3. The number of pyridine rings is 2. The van der Waals surface area contributed by atoms with Crippen molar-refractivity contribution < 1.29 is 9.53 Å². The predicted octanol–water partition coefficient (Wildman–Crippen LogP) is 3.38. The van der Waals surface area contributed by atoms with Crippen LogP contribution < -0.4 is 10.1 Å². The van der Waals surface area contributed by atoms with Crippen molar-refractivity contribution in [3.8, 4) is 17.0 Å². The van der Waals surface area contributed by atoms with Gasteiger partial charge in [-0.1, -0.05) is 12.1 Å². The van der Waals surface area contributed by atoms with Crippen LogP contribution >= 0.6 is 0 Å². The van der Waals surface area contributed by atoms with Crippen LogP contribution in [-0.4, -0.2) is 57.6 Å². The first-order valence-corrected chi connectivity index (χ1v) is 11.6. The minimum absolute atomic E-state index is 0.0229. The second kappa shape index (κ2) is 8.15. The van der Waals surface area contributed by atoms with Crippen molar-refractivity contribution in [3.63, 3.8) is 0 Å². The van der Waals surface area contributed by atoms with Crippen LogP contribution in [0.2, 0.25) is 0 Å². The number of likely N-dealkylation sites (tertiary alicyclic amines) is 1. The highest BCUT2D eigenvalue weighted by Crippen LogP contribution is 2.31. The number of piperidine rings is 1. The zero-order valence-electron chi connectivity index (χ0n) is 18.7. The summed E-state index contributed by atoms with van der Waals surface area (Å²) < 4.78 is 8.21. The van der Waals surface area contributed by atoms with E-state index in [0.29, 0.717) is 19.0 Å². The van der Waals surface area contributed by atoms with Crippen molar-refractivity contribution >= 4 is 27.7 Å². The quantitative estimate of drug-likeness (QED) is 0.526. The summed E-state index contributed by atoms with van der Waals surface area (Å²) in [6.07, 6.45) is 7.51. The van der Waals surface area contributed by atoms with Crippen LogP contribution in [0.1, 0.15) is 12.8 Å². The van der Waals surface area contributed by atoms with E-state index in [4.69, 9.17) is 4.74 Å². The van der Waals surface area contributed by atoms with Crippen molar-refractivity contribution in [1.82, 2.24) is 24.8 Å². The van der Waals surface area contributed by atoms with Crippen LogP contribution in [0.4, 0.5) is 0 Å². The molecule has 7 nitrogen and oxygen atoms in total. The molecule has 2 aliphatic rings. The number of nitrogens with one attached hydrogen (secondary N) is 1. The Morgan fingerprint density at radius 2 is 1.82 bits per heavy atom. The third-order valence-electron chi connectivity index (χ3n) is 7.01. The molecule has 6 rings (SSSR count). The Hall–Kier alpha value is -3.45. The molecule has 0 atom stereocenters. The topological polar surface area (TPSA) is 72.3 Å². The molecule has 0 radical (unpaired) electrons. The summed E-state index contributed by atoms with van der Waals surface area (Å²) in [5.74, 6) is 1.05. The molecule has 2 fully saturated rings. The number of carbonyl (C=O) groups is 1. The van der Waals surface area contributed by atoms with Gasteiger partial charge < -0.3 is 19.5 Å². The largest absolute Gasteiger partial charge is 0.471 e. The van der Waals surface area contributed by atoms with Gasteiger partial charge in [-0.3, -0.25) is 9.78 Å². The molecular weight excluding hydrogens is 414 g/mol. The smallest absolute Gasteiger partial charge is 0.226 e. The number of aryl methyl sites for hydroxylation is 1. The number of amides is 1. The lowest BCUT2D eigenvalue weighted by Gasteiger charge is -2.41. The maximum Gasteiger partial charge on any atom is 0.226 e. The van der Waals surface area contributed by atoms with Crippen LogP contribution in [0.5, 0.6) is 5.88 Å². The third kappa shape index (κ3) is 3.62. The molecule has 1 amide bonds. The maximum absolute atomic E-state index is 12.6. The molecule has 168 valence electrons. The van der Waals surface area contributed by atoms with Gasteiger partial charge in [0, 0.05) is 59.5 Å². The fourth-order valence-electron chi connectivity index (χ4n) is 5.04. The van der Waals surface area contributed by atoms with E-state index in [1.165, 1.54) is 16.4 Å². The molecule has 0 unspecified atom stereocenters. The summed E-state index contributed by atoms with van der Waals surface area (Å²) in [4.78, 5) is 23.3. The van der Waals surface area contributed by atoms with Gasteiger partial charge in [-0.05, 0) is 49.7 Å². The van der Waals surface area contributed by atoms with E-state index in [2.05, 4.69) is 45.1 Å². The van der Waals surface area contributed by atoms with Crippen molar-refractivity contribution in [3.05, 3.63) is 55.0 Å². The normalized spacial score (nSPS) is 17.4. The van der Waals surface area contributed by atoms with E-state index in [0.717, 1.165) is 42.4 Å². The number of carbonyl (C=O) groups excluding carboxylic acids is 1. The maximum atomic E-state index is 12.6. The number of hydrogen-bond acceptors (Lipinski definition) is 5. The van der Waals surface area contributed by atoms with Crippen LogP contribution in [0.15, 0.2) is 55.0 Å². The number of rotatable bonds is 4.